The van der Waals surface area contributed by atoms with Gasteiger partial charge in [0.15, 0.2) is 0 Å². The Morgan fingerprint density at radius 2 is 1.93 bits per heavy atom. The number of rotatable bonds is 6. The SMILES string of the molecule is NC(=O)[C@@H]1CC2(CC2)CN1C(=O)c1ccc(N2CC(F)(F)C2)c(OCC2CC2)n1. The quantitative estimate of drug-likeness (QED) is 0.778. The zero-order valence-corrected chi connectivity index (χ0v) is 16.1. The summed E-state index contributed by atoms with van der Waals surface area (Å²) in [6.07, 6.45) is 4.73. The van der Waals surface area contributed by atoms with Crippen molar-refractivity contribution in [3.05, 3.63) is 17.8 Å². The van der Waals surface area contributed by atoms with Gasteiger partial charge in [-0.2, -0.15) is 0 Å². The van der Waals surface area contributed by atoms with Crippen molar-refractivity contribution in [2.45, 2.75) is 44.1 Å². The number of primary amides is 1. The van der Waals surface area contributed by atoms with Gasteiger partial charge in [-0.05, 0) is 55.6 Å². The maximum atomic E-state index is 13.3. The van der Waals surface area contributed by atoms with Crippen LogP contribution < -0.4 is 15.4 Å². The van der Waals surface area contributed by atoms with Crippen LogP contribution in [0.25, 0.3) is 0 Å². The number of aromatic nitrogens is 1. The second-order valence-electron chi connectivity index (χ2n) is 9.04. The number of carbonyl (C=O) groups excluding carboxylic acids is 2. The van der Waals surface area contributed by atoms with Gasteiger partial charge in [-0.15, -0.1) is 0 Å². The monoisotopic (exact) mass is 406 g/mol. The van der Waals surface area contributed by atoms with Gasteiger partial charge in [0.2, 0.25) is 11.8 Å². The number of halogens is 2. The van der Waals surface area contributed by atoms with Gasteiger partial charge in [0.25, 0.3) is 11.8 Å². The molecule has 4 aliphatic rings. The van der Waals surface area contributed by atoms with Crippen LogP contribution in [0.15, 0.2) is 12.1 Å². The zero-order valence-electron chi connectivity index (χ0n) is 16.1. The minimum absolute atomic E-state index is 0.0177. The van der Waals surface area contributed by atoms with E-state index in [1.165, 1.54) is 15.9 Å². The molecule has 1 aromatic heterocycles. The van der Waals surface area contributed by atoms with Gasteiger partial charge < -0.3 is 20.3 Å². The lowest BCUT2D eigenvalue weighted by Crippen LogP contribution is -2.56. The second kappa shape index (κ2) is 6.27. The predicted molar refractivity (Wildman–Crippen MR) is 99.9 cm³/mol. The summed E-state index contributed by atoms with van der Waals surface area (Å²) < 4.78 is 32.5. The summed E-state index contributed by atoms with van der Waals surface area (Å²) in [6, 6.07) is 2.50. The van der Waals surface area contributed by atoms with Crippen molar-refractivity contribution < 1.29 is 23.1 Å². The standard InChI is InChI=1S/C20H24F2N4O3/c21-20(22)10-25(11-20)14-4-3-13(24-17(14)29-8-12-1-2-12)18(28)26-9-19(5-6-19)7-15(26)16(23)27/h3-4,12,15H,1-2,5-11H2,(H2,23,27)/t15-/m0/s1. The Balaban J connectivity index is 1.39. The van der Waals surface area contributed by atoms with Crippen LogP contribution in [0.5, 0.6) is 5.88 Å². The first kappa shape index (κ1) is 18.6. The number of amides is 2. The van der Waals surface area contributed by atoms with E-state index in [-0.39, 0.29) is 36.0 Å². The minimum Gasteiger partial charge on any atom is -0.476 e. The van der Waals surface area contributed by atoms with Crippen molar-refractivity contribution >= 4 is 17.5 Å². The summed E-state index contributed by atoms with van der Waals surface area (Å²) in [7, 11) is 0. The lowest BCUT2D eigenvalue weighted by atomic mass is 10.0. The molecule has 1 aromatic rings. The van der Waals surface area contributed by atoms with Gasteiger partial charge >= 0.3 is 0 Å². The van der Waals surface area contributed by atoms with Crippen LogP contribution >= 0.6 is 0 Å². The maximum absolute atomic E-state index is 13.3. The number of carbonyl (C=O) groups is 2. The molecule has 5 rings (SSSR count). The zero-order chi connectivity index (χ0) is 20.4. The van der Waals surface area contributed by atoms with Crippen LogP contribution in [0.1, 0.15) is 42.6 Å². The molecule has 0 unspecified atom stereocenters. The molecule has 0 aromatic carbocycles. The molecular formula is C20H24F2N4O3. The van der Waals surface area contributed by atoms with Gasteiger partial charge in [0, 0.05) is 6.54 Å². The third-order valence-electron chi connectivity index (χ3n) is 6.45. The molecule has 2 aliphatic carbocycles. The number of ether oxygens (including phenoxy) is 1. The molecule has 0 radical (unpaired) electrons. The summed E-state index contributed by atoms with van der Waals surface area (Å²) in [4.78, 5) is 32.4. The van der Waals surface area contributed by atoms with Gasteiger partial charge in [-0.3, -0.25) is 9.59 Å². The Bertz CT molecular complexity index is 861. The molecule has 3 heterocycles. The van der Waals surface area contributed by atoms with E-state index in [2.05, 4.69) is 4.98 Å². The largest absolute Gasteiger partial charge is 0.476 e. The molecular weight excluding hydrogens is 382 g/mol. The second-order valence-corrected chi connectivity index (χ2v) is 9.04. The molecule has 9 heteroatoms. The Hall–Kier alpha value is -2.45. The van der Waals surface area contributed by atoms with E-state index in [9.17, 15) is 18.4 Å². The summed E-state index contributed by atoms with van der Waals surface area (Å²) in [6.45, 7) is 0.179. The van der Waals surface area contributed by atoms with Crippen LogP contribution in [0, 0.1) is 11.3 Å². The Labute approximate surface area is 167 Å². The summed E-state index contributed by atoms with van der Waals surface area (Å²) in [5.41, 5.74) is 6.17. The molecule has 156 valence electrons. The van der Waals surface area contributed by atoms with Crippen LogP contribution in [0.3, 0.4) is 0 Å². The van der Waals surface area contributed by atoms with Gasteiger partial charge in [0.1, 0.15) is 17.4 Å². The molecule has 29 heavy (non-hydrogen) atoms. The molecule has 2 amide bonds. The molecule has 1 spiro atoms. The molecule has 2 saturated heterocycles. The fourth-order valence-electron chi connectivity index (χ4n) is 4.27. The van der Waals surface area contributed by atoms with Crippen molar-refractivity contribution in [2.24, 2.45) is 17.1 Å². The fraction of sp³-hybridized carbons (Fsp3) is 0.650. The van der Waals surface area contributed by atoms with Gasteiger partial charge in [0.05, 0.1) is 19.7 Å². The highest BCUT2D eigenvalue weighted by molar-refractivity contribution is 5.97. The Kier molecular flexibility index (Phi) is 4.02. The highest BCUT2D eigenvalue weighted by Gasteiger charge is 2.55. The highest BCUT2D eigenvalue weighted by Crippen LogP contribution is 2.55. The first-order valence-electron chi connectivity index (χ1n) is 10.1. The van der Waals surface area contributed by atoms with Crippen molar-refractivity contribution in [1.82, 2.24) is 9.88 Å². The number of anilines is 1. The number of nitrogens with zero attached hydrogens (tertiary/aromatic N) is 3. The van der Waals surface area contributed by atoms with E-state index in [4.69, 9.17) is 10.5 Å². The number of pyridine rings is 1. The van der Waals surface area contributed by atoms with E-state index < -0.39 is 17.9 Å². The summed E-state index contributed by atoms with van der Waals surface area (Å²) in [5, 5.41) is 0. The maximum Gasteiger partial charge on any atom is 0.282 e. The third-order valence-corrected chi connectivity index (χ3v) is 6.45. The van der Waals surface area contributed by atoms with E-state index in [0.717, 1.165) is 25.7 Å². The van der Waals surface area contributed by atoms with E-state index in [0.29, 0.717) is 31.2 Å². The molecule has 4 fully saturated rings. The van der Waals surface area contributed by atoms with Crippen molar-refractivity contribution in [3.8, 4) is 5.88 Å². The average molecular weight is 406 g/mol. The van der Waals surface area contributed by atoms with Crippen molar-refractivity contribution in [2.75, 3.05) is 31.1 Å². The Morgan fingerprint density at radius 3 is 2.52 bits per heavy atom. The highest BCUT2D eigenvalue weighted by atomic mass is 19.3. The number of hydrogen-bond acceptors (Lipinski definition) is 5. The van der Waals surface area contributed by atoms with Gasteiger partial charge in [-0.1, -0.05) is 0 Å². The minimum atomic E-state index is -2.72. The predicted octanol–water partition coefficient (Wildman–Crippen LogP) is 1.81. The summed E-state index contributed by atoms with van der Waals surface area (Å²) >= 11 is 0. The Morgan fingerprint density at radius 1 is 1.21 bits per heavy atom. The average Bonchev–Trinajstić information content (AvgIpc) is 3.56. The van der Waals surface area contributed by atoms with Crippen LogP contribution in [-0.4, -0.2) is 59.9 Å². The van der Waals surface area contributed by atoms with E-state index in [1.807, 2.05) is 0 Å². The molecule has 2 N–H and O–H groups in total. The third kappa shape index (κ3) is 3.51. The lowest BCUT2D eigenvalue weighted by Gasteiger charge is -2.40. The van der Waals surface area contributed by atoms with Gasteiger partial charge in [-0.25, -0.2) is 13.8 Å². The first-order chi connectivity index (χ1) is 13.8. The molecule has 2 saturated carbocycles. The van der Waals surface area contributed by atoms with E-state index in [1.54, 1.807) is 6.07 Å². The van der Waals surface area contributed by atoms with Crippen LogP contribution in [-0.2, 0) is 4.79 Å². The van der Waals surface area contributed by atoms with Crippen LogP contribution in [0.2, 0.25) is 0 Å². The van der Waals surface area contributed by atoms with Crippen LogP contribution in [0.4, 0.5) is 14.5 Å². The molecule has 7 nitrogen and oxygen atoms in total. The molecule has 2 aliphatic heterocycles. The van der Waals surface area contributed by atoms with Crippen molar-refractivity contribution in [1.29, 1.82) is 0 Å². The number of likely N-dealkylation sites (tertiary alicyclic amines) is 1. The molecule has 1 atom stereocenters. The smallest absolute Gasteiger partial charge is 0.282 e. The molecule has 0 bridgehead atoms. The summed E-state index contributed by atoms with van der Waals surface area (Å²) in [5.74, 6) is -2.94. The fourth-order valence-corrected chi connectivity index (χ4v) is 4.27. The van der Waals surface area contributed by atoms with Crippen molar-refractivity contribution in [3.63, 3.8) is 0 Å². The first-order valence-corrected chi connectivity index (χ1v) is 10.1. The number of alkyl halides is 2. The topological polar surface area (TPSA) is 88.8 Å². The number of hydrogen-bond donors (Lipinski definition) is 1. The lowest BCUT2D eigenvalue weighted by molar-refractivity contribution is -0.121. The van der Waals surface area contributed by atoms with E-state index >= 15 is 0 Å². The normalized spacial score (nSPS) is 26.3. The number of nitrogens with two attached hydrogens (primary N) is 1.